The number of hydrogen-bond donors (Lipinski definition) is 1. The van der Waals surface area contributed by atoms with E-state index in [-0.39, 0.29) is 24.0 Å². The van der Waals surface area contributed by atoms with Gasteiger partial charge in [-0.3, -0.25) is 0 Å². The average Bonchev–Trinajstić information content (AvgIpc) is 3.40. The first-order valence-electron chi connectivity index (χ1n) is 10.1. The van der Waals surface area contributed by atoms with Gasteiger partial charge in [-0.2, -0.15) is 0 Å². The molecule has 0 aromatic carbocycles. The Morgan fingerprint density at radius 3 is 2.61 bits per heavy atom. The highest BCUT2D eigenvalue weighted by atomic mass is 127. The number of halogens is 1. The zero-order valence-electron chi connectivity index (χ0n) is 16.8. The fourth-order valence-electron chi connectivity index (χ4n) is 4.33. The average molecular weight is 514 g/mol. The summed E-state index contributed by atoms with van der Waals surface area (Å²) in [5, 5.41) is 14.2. The van der Waals surface area contributed by atoms with E-state index >= 15 is 0 Å². The molecular weight excluding hydrogens is 483 g/mol. The summed E-state index contributed by atoms with van der Waals surface area (Å²) in [7, 11) is 2.01. The van der Waals surface area contributed by atoms with Crippen molar-refractivity contribution < 1.29 is 0 Å². The Labute approximate surface area is 188 Å². The Morgan fingerprint density at radius 1 is 1.25 bits per heavy atom. The van der Waals surface area contributed by atoms with Crippen LogP contribution in [-0.2, 0) is 20.0 Å². The number of likely N-dealkylation sites (tertiary alicyclic amines) is 1. The molecule has 1 aliphatic carbocycles. The Kier molecular flexibility index (Phi) is 7.73. The smallest absolute Gasteiger partial charge is 0.194 e. The lowest BCUT2D eigenvalue weighted by Crippen LogP contribution is -2.41. The van der Waals surface area contributed by atoms with Crippen LogP contribution in [0.25, 0.3) is 0 Å². The molecule has 0 amide bonds. The lowest BCUT2D eigenvalue weighted by atomic mass is 9.82. The van der Waals surface area contributed by atoms with E-state index in [1.165, 1.54) is 30.6 Å². The molecule has 2 aromatic heterocycles. The molecule has 1 aliphatic heterocycles. The van der Waals surface area contributed by atoms with Crippen molar-refractivity contribution in [3.63, 3.8) is 0 Å². The van der Waals surface area contributed by atoms with Crippen LogP contribution in [0.5, 0.6) is 0 Å². The minimum absolute atomic E-state index is 0. The largest absolute Gasteiger partial charge is 0.356 e. The van der Waals surface area contributed by atoms with Crippen molar-refractivity contribution in [2.24, 2.45) is 23.9 Å². The van der Waals surface area contributed by atoms with Crippen molar-refractivity contribution in [2.45, 2.75) is 45.6 Å². The summed E-state index contributed by atoms with van der Waals surface area (Å²) in [6.45, 7) is 5.76. The van der Waals surface area contributed by atoms with Crippen LogP contribution in [0.15, 0.2) is 22.5 Å². The van der Waals surface area contributed by atoms with Gasteiger partial charge >= 0.3 is 0 Å². The van der Waals surface area contributed by atoms with Crippen LogP contribution < -0.4 is 5.32 Å². The molecule has 2 aromatic rings. The number of guanidine groups is 1. The third-order valence-electron chi connectivity index (χ3n) is 6.06. The zero-order valence-corrected chi connectivity index (χ0v) is 20.0. The molecule has 0 radical (unpaired) electrons. The summed E-state index contributed by atoms with van der Waals surface area (Å²) in [6, 6.07) is 4.33. The Hall–Kier alpha value is -1.16. The van der Waals surface area contributed by atoms with Gasteiger partial charge in [0.05, 0.1) is 0 Å². The summed E-state index contributed by atoms with van der Waals surface area (Å²) in [5.41, 5.74) is 0. The van der Waals surface area contributed by atoms with Crippen LogP contribution in [0, 0.1) is 18.8 Å². The number of rotatable bonds is 5. The Balaban J connectivity index is 0.00000225. The van der Waals surface area contributed by atoms with E-state index in [4.69, 9.17) is 4.99 Å². The van der Waals surface area contributed by atoms with E-state index in [2.05, 4.69) is 37.9 Å². The van der Waals surface area contributed by atoms with Gasteiger partial charge in [0.15, 0.2) is 11.8 Å². The fourth-order valence-corrected chi connectivity index (χ4v) is 5.04. The maximum absolute atomic E-state index is 4.94. The standard InChI is InChI=1S/C20H30N6S.HI/c1-15-23-24-19(25(15)2)12-22-20(21-10-9-18-8-5-11-27-18)26-13-16-6-3-4-7-17(16)14-26;/h5,8,11,16-17H,3-4,6-7,9-10,12-14H2,1-2H3,(H,21,22);1H. The van der Waals surface area contributed by atoms with Crippen molar-refractivity contribution in [3.05, 3.63) is 34.0 Å². The number of thiophene rings is 1. The van der Waals surface area contributed by atoms with Crippen molar-refractivity contribution in [3.8, 4) is 0 Å². The number of fused-ring (bicyclic) bond motifs is 1. The van der Waals surface area contributed by atoms with E-state index < -0.39 is 0 Å². The van der Waals surface area contributed by atoms with E-state index in [1.807, 2.05) is 29.9 Å². The molecule has 2 unspecified atom stereocenters. The fraction of sp³-hybridized carbons (Fsp3) is 0.650. The molecular formula is C20H31IN6S. The molecule has 2 aliphatic rings. The third kappa shape index (κ3) is 5.06. The summed E-state index contributed by atoms with van der Waals surface area (Å²) >= 11 is 1.82. The predicted molar refractivity (Wildman–Crippen MR) is 125 cm³/mol. The van der Waals surface area contributed by atoms with Gasteiger partial charge in [-0.05, 0) is 49.5 Å². The number of aliphatic imine (C=N–C) groups is 1. The summed E-state index contributed by atoms with van der Waals surface area (Å²) in [4.78, 5) is 8.84. The van der Waals surface area contributed by atoms with E-state index in [1.54, 1.807) is 0 Å². The molecule has 154 valence electrons. The van der Waals surface area contributed by atoms with Gasteiger partial charge in [0.1, 0.15) is 12.4 Å². The Morgan fingerprint density at radius 2 is 2.00 bits per heavy atom. The predicted octanol–water partition coefficient (Wildman–Crippen LogP) is 3.61. The number of aryl methyl sites for hydroxylation is 1. The highest BCUT2D eigenvalue weighted by Crippen LogP contribution is 2.36. The maximum Gasteiger partial charge on any atom is 0.194 e. The van der Waals surface area contributed by atoms with Crippen LogP contribution in [0.2, 0.25) is 0 Å². The second-order valence-corrected chi connectivity index (χ2v) is 8.86. The number of nitrogens with zero attached hydrogens (tertiary/aromatic N) is 5. The van der Waals surface area contributed by atoms with Gasteiger partial charge in [-0.25, -0.2) is 4.99 Å². The molecule has 1 saturated heterocycles. The minimum atomic E-state index is 0. The number of nitrogens with one attached hydrogen (secondary N) is 1. The highest BCUT2D eigenvalue weighted by molar-refractivity contribution is 14.0. The van der Waals surface area contributed by atoms with Crippen LogP contribution >= 0.6 is 35.3 Å². The summed E-state index contributed by atoms with van der Waals surface area (Å²) in [6.07, 6.45) is 6.59. The van der Waals surface area contributed by atoms with Crippen LogP contribution in [-0.4, -0.2) is 45.3 Å². The first kappa shape index (κ1) is 21.5. The van der Waals surface area contributed by atoms with Gasteiger partial charge in [-0.15, -0.1) is 45.5 Å². The van der Waals surface area contributed by atoms with Crippen LogP contribution in [0.3, 0.4) is 0 Å². The van der Waals surface area contributed by atoms with Crippen molar-refractivity contribution in [2.75, 3.05) is 19.6 Å². The van der Waals surface area contributed by atoms with E-state index in [0.29, 0.717) is 6.54 Å². The minimum Gasteiger partial charge on any atom is -0.356 e. The monoisotopic (exact) mass is 514 g/mol. The van der Waals surface area contributed by atoms with Crippen LogP contribution in [0.1, 0.15) is 42.2 Å². The molecule has 2 fully saturated rings. The van der Waals surface area contributed by atoms with Gasteiger partial charge in [-0.1, -0.05) is 18.9 Å². The number of aromatic nitrogens is 3. The lowest BCUT2D eigenvalue weighted by Gasteiger charge is -2.22. The second-order valence-electron chi connectivity index (χ2n) is 7.83. The van der Waals surface area contributed by atoms with Crippen molar-refractivity contribution >= 4 is 41.3 Å². The van der Waals surface area contributed by atoms with Gasteiger partial charge in [0, 0.05) is 31.6 Å². The molecule has 1 N–H and O–H groups in total. The van der Waals surface area contributed by atoms with E-state index in [9.17, 15) is 0 Å². The van der Waals surface area contributed by atoms with Crippen molar-refractivity contribution in [1.82, 2.24) is 25.0 Å². The zero-order chi connectivity index (χ0) is 18.6. The SMILES string of the molecule is Cc1nnc(CN=C(NCCc2cccs2)N2CC3CCCCC3C2)n1C.I. The maximum atomic E-state index is 4.94. The third-order valence-corrected chi connectivity index (χ3v) is 7.00. The van der Waals surface area contributed by atoms with E-state index in [0.717, 1.165) is 55.5 Å². The van der Waals surface area contributed by atoms with Gasteiger partial charge in [0.2, 0.25) is 0 Å². The Bertz CT molecular complexity index is 758. The van der Waals surface area contributed by atoms with Gasteiger partial charge in [0.25, 0.3) is 0 Å². The molecule has 0 bridgehead atoms. The summed E-state index contributed by atoms with van der Waals surface area (Å²) in [5.74, 6) is 4.59. The number of hydrogen-bond acceptors (Lipinski definition) is 4. The second kappa shape index (κ2) is 10.0. The molecule has 6 nitrogen and oxygen atoms in total. The molecule has 2 atom stereocenters. The molecule has 0 spiro atoms. The van der Waals surface area contributed by atoms with Crippen LogP contribution in [0.4, 0.5) is 0 Å². The normalized spacial score (nSPS) is 22.1. The lowest BCUT2D eigenvalue weighted by molar-refractivity contribution is 0.299. The first-order chi connectivity index (χ1) is 13.2. The first-order valence-corrected chi connectivity index (χ1v) is 11.0. The highest BCUT2D eigenvalue weighted by Gasteiger charge is 2.35. The molecule has 1 saturated carbocycles. The summed E-state index contributed by atoms with van der Waals surface area (Å²) < 4.78 is 2.02. The van der Waals surface area contributed by atoms with Crippen molar-refractivity contribution in [1.29, 1.82) is 0 Å². The topological polar surface area (TPSA) is 58.3 Å². The molecule has 8 heteroatoms. The molecule has 3 heterocycles. The quantitative estimate of drug-likeness (QED) is 0.377. The molecule has 4 rings (SSSR count). The molecule has 28 heavy (non-hydrogen) atoms. The van der Waals surface area contributed by atoms with Gasteiger partial charge < -0.3 is 14.8 Å².